The number of nitrogens with zero attached hydrogens (tertiary/aromatic N) is 1. The number of rotatable bonds is 5. The minimum absolute atomic E-state index is 0.117. The first-order chi connectivity index (χ1) is 9.15. The summed E-state index contributed by atoms with van der Waals surface area (Å²) in [6.45, 7) is 0.991. The van der Waals surface area contributed by atoms with Crippen molar-refractivity contribution in [3.05, 3.63) is 33.1 Å². The average molecular weight is 270 g/mol. The monoisotopic (exact) mass is 270 g/mol. The summed E-state index contributed by atoms with van der Waals surface area (Å²) in [5, 5.41) is 0. The van der Waals surface area contributed by atoms with E-state index >= 15 is 0 Å². The quantitative estimate of drug-likeness (QED) is 0.796. The summed E-state index contributed by atoms with van der Waals surface area (Å²) in [7, 11) is 3.23. The summed E-state index contributed by atoms with van der Waals surface area (Å²) in [5.74, 6) is 0.161. The van der Waals surface area contributed by atoms with Crippen molar-refractivity contribution in [3.8, 4) is 0 Å². The lowest BCUT2D eigenvalue weighted by molar-refractivity contribution is -0.0473. The summed E-state index contributed by atoms with van der Waals surface area (Å²) in [6, 6.07) is 1.31. The molecular weight excluding hydrogens is 252 g/mol. The van der Waals surface area contributed by atoms with Gasteiger partial charge in [0.05, 0.1) is 19.3 Å². The predicted molar refractivity (Wildman–Crippen MR) is 67.1 cm³/mol. The van der Waals surface area contributed by atoms with Gasteiger partial charge in [-0.2, -0.15) is 0 Å². The zero-order valence-corrected chi connectivity index (χ0v) is 11.0. The zero-order valence-electron chi connectivity index (χ0n) is 11.0. The molecular formula is C12H18N2O5. The van der Waals surface area contributed by atoms with Crippen LogP contribution >= 0.6 is 0 Å². The van der Waals surface area contributed by atoms with Crippen LogP contribution < -0.4 is 11.2 Å². The highest BCUT2D eigenvalue weighted by Crippen LogP contribution is 2.32. The van der Waals surface area contributed by atoms with E-state index in [0.717, 1.165) is 0 Å². The highest BCUT2D eigenvalue weighted by molar-refractivity contribution is 4.88. The van der Waals surface area contributed by atoms with Gasteiger partial charge in [-0.15, -0.1) is 0 Å². The third kappa shape index (κ3) is 3.12. The van der Waals surface area contributed by atoms with Crippen LogP contribution in [0.2, 0.25) is 0 Å². The van der Waals surface area contributed by atoms with Crippen molar-refractivity contribution in [3.63, 3.8) is 0 Å². The van der Waals surface area contributed by atoms with Crippen molar-refractivity contribution in [1.82, 2.24) is 9.55 Å². The molecule has 1 fully saturated rings. The number of nitrogens with one attached hydrogen (secondary N) is 1. The maximum Gasteiger partial charge on any atom is 0.330 e. The van der Waals surface area contributed by atoms with Crippen LogP contribution in [0.1, 0.15) is 12.6 Å². The first-order valence-electron chi connectivity index (χ1n) is 6.10. The highest BCUT2D eigenvalue weighted by atomic mass is 16.6. The molecule has 2 heterocycles. The van der Waals surface area contributed by atoms with Crippen molar-refractivity contribution in [2.75, 3.05) is 27.4 Å². The van der Waals surface area contributed by atoms with Gasteiger partial charge in [-0.3, -0.25) is 14.3 Å². The average Bonchev–Trinajstić information content (AvgIpc) is 2.73. The van der Waals surface area contributed by atoms with E-state index in [1.807, 2.05) is 0 Å². The number of aromatic nitrogens is 2. The molecule has 19 heavy (non-hydrogen) atoms. The van der Waals surface area contributed by atoms with E-state index in [4.69, 9.17) is 14.2 Å². The number of hydrogen-bond acceptors (Lipinski definition) is 5. The molecule has 3 unspecified atom stereocenters. The molecule has 0 spiro atoms. The Bertz CT molecular complexity index is 509. The van der Waals surface area contributed by atoms with E-state index in [1.165, 1.54) is 16.8 Å². The summed E-state index contributed by atoms with van der Waals surface area (Å²) < 4.78 is 17.5. The maximum absolute atomic E-state index is 11.7. The van der Waals surface area contributed by atoms with Gasteiger partial charge in [-0.25, -0.2) is 4.79 Å². The number of ether oxygens (including phenoxy) is 3. The van der Waals surface area contributed by atoms with Crippen molar-refractivity contribution >= 4 is 0 Å². The second-order valence-electron chi connectivity index (χ2n) is 4.55. The molecule has 2 rings (SSSR count). The second kappa shape index (κ2) is 6.14. The van der Waals surface area contributed by atoms with E-state index in [2.05, 4.69) is 4.98 Å². The van der Waals surface area contributed by atoms with Gasteiger partial charge in [0.15, 0.2) is 0 Å². The van der Waals surface area contributed by atoms with Crippen LogP contribution in [0.4, 0.5) is 0 Å². The van der Waals surface area contributed by atoms with E-state index in [0.29, 0.717) is 19.6 Å². The number of methoxy groups -OCH3 is 2. The van der Waals surface area contributed by atoms with Gasteiger partial charge >= 0.3 is 5.69 Å². The van der Waals surface area contributed by atoms with Gasteiger partial charge in [0.1, 0.15) is 6.23 Å². The van der Waals surface area contributed by atoms with Crippen LogP contribution in [0, 0.1) is 5.92 Å². The standard InChI is InChI=1S/C12H18N2O5/c1-17-6-8-5-11(19-9(8)7-18-2)14-4-3-10(15)13-12(14)16/h3-4,8-9,11H,5-7H2,1-2H3,(H,13,15,16). The van der Waals surface area contributed by atoms with Crippen LogP contribution in [-0.2, 0) is 14.2 Å². The molecule has 0 bridgehead atoms. The largest absolute Gasteiger partial charge is 0.384 e. The molecule has 0 aliphatic carbocycles. The third-order valence-electron chi connectivity index (χ3n) is 3.24. The van der Waals surface area contributed by atoms with Gasteiger partial charge in [0.2, 0.25) is 0 Å². The van der Waals surface area contributed by atoms with Gasteiger partial charge < -0.3 is 14.2 Å². The smallest absolute Gasteiger partial charge is 0.330 e. The van der Waals surface area contributed by atoms with Gasteiger partial charge in [-0.05, 0) is 0 Å². The molecule has 1 aliphatic rings. The molecule has 1 N–H and O–H groups in total. The highest BCUT2D eigenvalue weighted by Gasteiger charge is 2.36. The Labute approximate surface area is 110 Å². The van der Waals surface area contributed by atoms with Crippen molar-refractivity contribution in [2.45, 2.75) is 18.8 Å². The normalized spacial score (nSPS) is 26.7. The van der Waals surface area contributed by atoms with Gasteiger partial charge in [0, 0.05) is 38.8 Å². The Morgan fingerprint density at radius 1 is 1.37 bits per heavy atom. The van der Waals surface area contributed by atoms with E-state index in [-0.39, 0.29) is 12.0 Å². The molecule has 7 heteroatoms. The van der Waals surface area contributed by atoms with Crippen LogP contribution in [-0.4, -0.2) is 43.1 Å². The van der Waals surface area contributed by atoms with Crippen LogP contribution in [0.5, 0.6) is 0 Å². The van der Waals surface area contributed by atoms with Crippen LogP contribution in [0.3, 0.4) is 0 Å². The topological polar surface area (TPSA) is 82.6 Å². The molecule has 0 saturated carbocycles. The van der Waals surface area contributed by atoms with E-state index in [1.54, 1.807) is 14.2 Å². The lowest BCUT2D eigenvalue weighted by Crippen LogP contribution is -2.31. The minimum atomic E-state index is -0.466. The summed E-state index contributed by atoms with van der Waals surface area (Å²) in [5.41, 5.74) is -0.882. The maximum atomic E-state index is 11.7. The van der Waals surface area contributed by atoms with Crippen molar-refractivity contribution < 1.29 is 14.2 Å². The van der Waals surface area contributed by atoms with Crippen LogP contribution in [0.25, 0.3) is 0 Å². The fourth-order valence-corrected chi connectivity index (χ4v) is 2.34. The summed E-state index contributed by atoms with van der Waals surface area (Å²) >= 11 is 0. The lowest BCUT2D eigenvalue weighted by atomic mass is 10.0. The molecule has 3 atom stereocenters. The first-order valence-corrected chi connectivity index (χ1v) is 6.10. The molecule has 106 valence electrons. The molecule has 7 nitrogen and oxygen atoms in total. The minimum Gasteiger partial charge on any atom is -0.384 e. The molecule has 1 aromatic heterocycles. The van der Waals surface area contributed by atoms with Crippen molar-refractivity contribution in [2.24, 2.45) is 5.92 Å². The Hall–Kier alpha value is -1.44. The fourth-order valence-electron chi connectivity index (χ4n) is 2.34. The van der Waals surface area contributed by atoms with Gasteiger partial charge in [0.25, 0.3) is 5.56 Å². The zero-order chi connectivity index (χ0) is 13.8. The third-order valence-corrected chi connectivity index (χ3v) is 3.24. The predicted octanol–water partition coefficient (Wildman–Crippen LogP) is -0.267. The number of hydrogen-bond donors (Lipinski definition) is 1. The molecule has 1 aliphatic heterocycles. The Morgan fingerprint density at radius 3 is 2.74 bits per heavy atom. The number of aromatic amines is 1. The van der Waals surface area contributed by atoms with E-state index < -0.39 is 17.5 Å². The first kappa shape index (κ1) is 14.0. The molecule has 1 aromatic rings. The summed E-state index contributed by atoms with van der Waals surface area (Å²) in [4.78, 5) is 25.0. The Balaban J connectivity index is 2.18. The van der Waals surface area contributed by atoms with Crippen LogP contribution in [0.15, 0.2) is 21.9 Å². The van der Waals surface area contributed by atoms with E-state index in [9.17, 15) is 9.59 Å². The summed E-state index contributed by atoms with van der Waals surface area (Å²) in [6.07, 6.45) is 1.58. The molecule has 0 radical (unpaired) electrons. The van der Waals surface area contributed by atoms with Gasteiger partial charge in [-0.1, -0.05) is 0 Å². The second-order valence-corrected chi connectivity index (χ2v) is 4.55. The molecule has 0 aromatic carbocycles. The molecule has 0 amide bonds. The lowest BCUT2D eigenvalue weighted by Gasteiger charge is -2.16. The Morgan fingerprint density at radius 2 is 2.11 bits per heavy atom. The number of H-pyrrole nitrogens is 1. The van der Waals surface area contributed by atoms with Crippen molar-refractivity contribution in [1.29, 1.82) is 0 Å². The molecule has 1 saturated heterocycles. The Kier molecular flexibility index (Phi) is 4.52. The SMILES string of the molecule is COCC1CC(n2ccc(=O)[nH]c2=O)OC1COC. The fraction of sp³-hybridized carbons (Fsp3) is 0.667.